The molecule has 0 unspecified atom stereocenters. The zero-order valence-electron chi connectivity index (χ0n) is 21.8. The maximum absolute atomic E-state index is 13.2. The standard InChI is InChI=1S/C29H39N3O4/c1-29(2,3)36-28(34)32(24-14-8-5-9-15-24)26-18-17-23(20-30-26)25-16-10-11-19-31(25)27(33)35-21-22-12-6-4-7-13-22/h4,6-7,12-13,17-18,20,24-25H,5,8-11,14-16,19,21H2,1-3H3/t25-/m1/s1. The van der Waals surface area contributed by atoms with Gasteiger partial charge in [-0.2, -0.15) is 0 Å². The minimum atomic E-state index is -0.577. The predicted molar refractivity (Wildman–Crippen MR) is 140 cm³/mol. The molecule has 36 heavy (non-hydrogen) atoms. The minimum absolute atomic E-state index is 0.0890. The number of rotatable bonds is 5. The number of hydrogen-bond acceptors (Lipinski definition) is 5. The van der Waals surface area contributed by atoms with Gasteiger partial charge in [0, 0.05) is 18.8 Å². The summed E-state index contributed by atoms with van der Waals surface area (Å²) < 4.78 is 11.4. The number of benzene rings is 1. The summed E-state index contributed by atoms with van der Waals surface area (Å²) in [5.74, 6) is 0.605. The predicted octanol–water partition coefficient (Wildman–Crippen LogP) is 7.02. The molecule has 0 radical (unpaired) electrons. The molecule has 2 fully saturated rings. The van der Waals surface area contributed by atoms with Crippen molar-refractivity contribution in [3.8, 4) is 0 Å². The Morgan fingerprint density at radius 3 is 2.36 bits per heavy atom. The van der Waals surface area contributed by atoms with E-state index in [1.807, 2.05) is 74.3 Å². The number of hydrogen-bond donors (Lipinski definition) is 0. The van der Waals surface area contributed by atoms with Gasteiger partial charge in [0.15, 0.2) is 0 Å². The Balaban J connectivity index is 1.49. The lowest BCUT2D eigenvalue weighted by atomic mass is 9.94. The Labute approximate surface area is 214 Å². The van der Waals surface area contributed by atoms with Crippen molar-refractivity contribution in [3.63, 3.8) is 0 Å². The third kappa shape index (κ3) is 6.77. The second kappa shape index (κ2) is 11.8. The summed E-state index contributed by atoms with van der Waals surface area (Å²) in [6.07, 6.45) is 9.32. The van der Waals surface area contributed by atoms with Crippen LogP contribution in [0.2, 0.25) is 0 Å². The summed E-state index contributed by atoms with van der Waals surface area (Å²) in [6.45, 7) is 6.57. The first-order valence-corrected chi connectivity index (χ1v) is 13.3. The Hall–Kier alpha value is -3.09. The van der Waals surface area contributed by atoms with Crippen LogP contribution in [0.25, 0.3) is 0 Å². The molecule has 0 bridgehead atoms. The molecule has 7 nitrogen and oxygen atoms in total. The molecular weight excluding hydrogens is 454 g/mol. The first kappa shape index (κ1) is 26.0. The highest BCUT2D eigenvalue weighted by molar-refractivity contribution is 5.87. The Morgan fingerprint density at radius 2 is 1.69 bits per heavy atom. The van der Waals surface area contributed by atoms with E-state index in [1.54, 1.807) is 4.90 Å². The summed E-state index contributed by atoms with van der Waals surface area (Å²) >= 11 is 0. The molecule has 2 aliphatic rings. The fourth-order valence-corrected chi connectivity index (χ4v) is 5.12. The van der Waals surface area contributed by atoms with Gasteiger partial charge in [-0.15, -0.1) is 0 Å². The monoisotopic (exact) mass is 493 g/mol. The van der Waals surface area contributed by atoms with Crippen molar-refractivity contribution in [2.75, 3.05) is 11.4 Å². The van der Waals surface area contributed by atoms with E-state index in [0.717, 1.165) is 56.1 Å². The highest BCUT2D eigenvalue weighted by Crippen LogP contribution is 2.33. The van der Waals surface area contributed by atoms with Crippen molar-refractivity contribution in [3.05, 3.63) is 59.8 Å². The van der Waals surface area contributed by atoms with Crippen LogP contribution < -0.4 is 4.90 Å². The van der Waals surface area contributed by atoms with Crippen LogP contribution in [0.4, 0.5) is 15.4 Å². The quantitative estimate of drug-likeness (QED) is 0.447. The molecule has 1 saturated carbocycles. The molecule has 2 heterocycles. The summed E-state index contributed by atoms with van der Waals surface area (Å²) in [6, 6.07) is 13.6. The lowest BCUT2D eigenvalue weighted by Crippen LogP contribution is -2.45. The average molecular weight is 494 g/mol. The molecule has 7 heteroatoms. The van der Waals surface area contributed by atoms with Crippen molar-refractivity contribution in [2.24, 2.45) is 0 Å². The van der Waals surface area contributed by atoms with Gasteiger partial charge in [-0.1, -0.05) is 55.7 Å². The molecule has 0 spiro atoms. The van der Waals surface area contributed by atoms with Gasteiger partial charge in [0.25, 0.3) is 0 Å². The smallest absolute Gasteiger partial charge is 0.416 e. The van der Waals surface area contributed by atoms with Crippen LogP contribution in [0.15, 0.2) is 48.7 Å². The summed E-state index contributed by atoms with van der Waals surface area (Å²) in [7, 11) is 0. The highest BCUT2D eigenvalue weighted by Gasteiger charge is 2.33. The van der Waals surface area contributed by atoms with E-state index in [0.29, 0.717) is 12.4 Å². The van der Waals surface area contributed by atoms with Crippen LogP contribution in [-0.2, 0) is 16.1 Å². The maximum Gasteiger partial charge on any atom is 0.416 e. The second-order valence-corrected chi connectivity index (χ2v) is 10.8. The number of ether oxygens (including phenoxy) is 2. The molecule has 194 valence electrons. The number of carbonyl (C=O) groups excluding carboxylic acids is 2. The first-order chi connectivity index (χ1) is 17.3. The van der Waals surface area contributed by atoms with E-state index in [-0.39, 0.29) is 30.9 Å². The van der Waals surface area contributed by atoms with E-state index in [1.165, 1.54) is 6.42 Å². The van der Waals surface area contributed by atoms with E-state index in [4.69, 9.17) is 14.5 Å². The van der Waals surface area contributed by atoms with Gasteiger partial charge in [-0.05, 0) is 70.1 Å². The van der Waals surface area contributed by atoms with Crippen molar-refractivity contribution < 1.29 is 19.1 Å². The fraction of sp³-hybridized carbons (Fsp3) is 0.552. The number of piperidine rings is 1. The van der Waals surface area contributed by atoms with Gasteiger partial charge < -0.3 is 14.4 Å². The van der Waals surface area contributed by atoms with Gasteiger partial charge in [-0.25, -0.2) is 14.6 Å². The molecule has 1 atom stereocenters. The number of aromatic nitrogens is 1. The molecule has 0 N–H and O–H groups in total. The van der Waals surface area contributed by atoms with Crippen molar-refractivity contribution in [1.29, 1.82) is 0 Å². The van der Waals surface area contributed by atoms with Gasteiger partial charge in [0.2, 0.25) is 0 Å². The van der Waals surface area contributed by atoms with Crippen LogP contribution in [0.3, 0.4) is 0 Å². The fourth-order valence-electron chi connectivity index (χ4n) is 5.12. The number of pyridine rings is 1. The summed E-state index contributed by atoms with van der Waals surface area (Å²) in [5.41, 5.74) is 1.35. The van der Waals surface area contributed by atoms with Crippen LogP contribution in [0.5, 0.6) is 0 Å². The van der Waals surface area contributed by atoms with Gasteiger partial charge in [0.05, 0.1) is 6.04 Å². The van der Waals surface area contributed by atoms with Gasteiger partial charge in [-0.3, -0.25) is 4.90 Å². The number of carbonyl (C=O) groups is 2. The zero-order chi connectivity index (χ0) is 25.5. The SMILES string of the molecule is CC(C)(C)OC(=O)N(c1ccc([C@H]2CCCCN2C(=O)OCc2ccccc2)cn1)C1CCCCC1. The van der Waals surface area contributed by atoms with Gasteiger partial charge >= 0.3 is 12.2 Å². The van der Waals surface area contributed by atoms with E-state index in [2.05, 4.69) is 0 Å². The molecular formula is C29H39N3O4. The van der Waals surface area contributed by atoms with Crippen molar-refractivity contribution in [2.45, 2.75) is 96.4 Å². The molecule has 2 aromatic rings. The van der Waals surface area contributed by atoms with E-state index < -0.39 is 5.60 Å². The third-order valence-electron chi connectivity index (χ3n) is 6.87. The number of likely N-dealkylation sites (tertiary alicyclic amines) is 1. The highest BCUT2D eigenvalue weighted by atomic mass is 16.6. The molecule has 1 aliphatic carbocycles. The zero-order valence-corrected chi connectivity index (χ0v) is 21.8. The molecule has 2 amide bonds. The van der Waals surface area contributed by atoms with Crippen LogP contribution in [0.1, 0.15) is 89.3 Å². The Morgan fingerprint density at radius 1 is 0.972 bits per heavy atom. The van der Waals surface area contributed by atoms with Crippen molar-refractivity contribution in [1.82, 2.24) is 9.88 Å². The molecule has 1 aliphatic heterocycles. The van der Waals surface area contributed by atoms with Crippen LogP contribution in [0, 0.1) is 0 Å². The summed E-state index contributed by atoms with van der Waals surface area (Å²) in [4.78, 5) is 34.4. The van der Waals surface area contributed by atoms with E-state index in [9.17, 15) is 9.59 Å². The number of anilines is 1. The molecule has 4 rings (SSSR count). The summed E-state index contributed by atoms with van der Waals surface area (Å²) in [5, 5.41) is 0. The Bertz CT molecular complexity index is 997. The minimum Gasteiger partial charge on any atom is -0.445 e. The molecule has 1 saturated heterocycles. The van der Waals surface area contributed by atoms with Crippen LogP contribution >= 0.6 is 0 Å². The average Bonchev–Trinajstić information content (AvgIpc) is 2.88. The van der Waals surface area contributed by atoms with Crippen LogP contribution in [-0.4, -0.2) is 40.3 Å². The van der Waals surface area contributed by atoms with Crippen molar-refractivity contribution >= 4 is 18.0 Å². The topological polar surface area (TPSA) is 72.0 Å². The maximum atomic E-state index is 13.2. The Kier molecular flexibility index (Phi) is 8.49. The van der Waals surface area contributed by atoms with Gasteiger partial charge in [0.1, 0.15) is 18.0 Å². The molecule has 1 aromatic carbocycles. The lowest BCUT2D eigenvalue weighted by Gasteiger charge is -2.36. The second-order valence-electron chi connectivity index (χ2n) is 10.8. The normalized spacial score (nSPS) is 19.0. The van der Waals surface area contributed by atoms with E-state index >= 15 is 0 Å². The third-order valence-corrected chi connectivity index (χ3v) is 6.87. The lowest BCUT2D eigenvalue weighted by molar-refractivity contribution is 0.0556. The largest absolute Gasteiger partial charge is 0.445 e. The molecule has 1 aromatic heterocycles. The number of nitrogens with zero attached hydrogens (tertiary/aromatic N) is 3. The number of amides is 2. The first-order valence-electron chi connectivity index (χ1n) is 13.3.